The first-order valence-electron chi connectivity index (χ1n) is 7.61. The molecule has 3 aromatic heterocycles. The highest BCUT2D eigenvalue weighted by Gasteiger charge is 2.29. The van der Waals surface area contributed by atoms with Crippen LogP contribution < -0.4 is 0 Å². The van der Waals surface area contributed by atoms with Crippen molar-refractivity contribution in [3.63, 3.8) is 0 Å². The minimum atomic E-state index is -4.11. The van der Waals surface area contributed by atoms with Gasteiger partial charge in [0.1, 0.15) is 15.9 Å². The van der Waals surface area contributed by atoms with E-state index in [0.717, 1.165) is 22.4 Å². The predicted molar refractivity (Wildman–Crippen MR) is 99.5 cm³/mol. The Bertz CT molecular complexity index is 1140. The van der Waals surface area contributed by atoms with Crippen LogP contribution in [0, 0.1) is 5.95 Å². The number of hydrogen-bond donors (Lipinski definition) is 1. The average Bonchev–Trinajstić information content (AvgIpc) is 3.06. The van der Waals surface area contributed by atoms with Crippen LogP contribution >= 0.6 is 22.9 Å². The number of nitrogens with zero attached hydrogens (tertiary/aromatic N) is 4. The van der Waals surface area contributed by atoms with Crippen LogP contribution in [0.15, 0.2) is 45.8 Å². The summed E-state index contributed by atoms with van der Waals surface area (Å²) in [5.74, 6) is -0.892. The predicted octanol–water partition coefficient (Wildman–Crippen LogP) is 3.34. The molecule has 0 atom stereocenters. The van der Waals surface area contributed by atoms with E-state index in [1.807, 2.05) is 0 Å². The summed E-state index contributed by atoms with van der Waals surface area (Å²) in [5, 5.41) is 9.34. The lowest BCUT2D eigenvalue weighted by Crippen LogP contribution is -2.23. The van der Waals surface area contributed by atoms with Crippen molar-refractivity contribution in [3.05, 3.63) is 52.8 Å². The molecular weight excluding hydrogens is 431 g/mol. The average molecular weight is 443 g/mol. The highest BCUT2D eigenvalue weighted by molar-refractivity contribution is 7.93. The number of hydrogen-bond acceptors (Lipinski definition) is 7. The second kappa shape index (κ2) is 7.78. The molecule has 28 heavy (non-hydrogen) atoms. The van der Waals surface area contributed by atoms with Crippen LogP contribution in [-0.2, 0) is 16.4 Å². The Morgan fingerprint density at radius 2 is 2.07 bits per heavy atom. The van der Waals surface area contributed by atoms with E-state index < -0.39 is 21.9 Å². The van der Waals surface area contributed by atoms with Crippen LogP contribution in [0.3, 0.4) is 0 Å². The molecule has 0 aliphatic rings. The first kappa shape index (κ1) is 20.1. The van der Waals surface area contributed by atoms with Gasteiger partial charge in [-0.1, -0.05) is 11.6 Å². The topological polar surface area (TPSA) is 113 Å². The Kier molecular flexibility index (Phi) is 5.59. The first-order chi connectivity index (χ1) is 13.2. The molecule has 3 rings (SSSR count). The van der Waals surface area contributed by atoms with Gasteiger partial charge in [-0.15, -0.1) is 11.3 Å². The number of sulfone groups is 1. The van der Waals surface area contributed by atoms with E-state index in [1.165, 1.54) is 37.5 Å². The first-order valence-corrected chi connectivity index (χ1v) is 10.3. The van der Waals surface area contributed by atoms with Gasteiger partial charge >= 0.3 is 6.09 Å². The van der Waals surface area contributed by atoms with Gasteiger partial charge in [0.05, 0.1) is 17.0 Å². The molecule has 146 valence electrons. The molecule has 1 amide bonds. The maximum Gasteiger partial charge on any atom is 0.407 e. The number of pyridine rings is 2. The Morgan fingerprint density at radius 3 is 2.68 bits per heavy atom. The SMILES string of the molecule is CN(Cc1nc(-c2cccnc2F)c(S(=O)(=O)c2ccc(Cl)nc2)s1)C(=O)O. The summed E-state index contributed by atoms with van der Waals surface area (Å²) < 4.78 is 40.2. The van der Waals surface area contributed by atoms with Gasteiger partial charge in [-0.2, -0.15) is 4.39 Å². The largest absolute Gasteiger partial charge is 0.465 e. The Balaban J connectivity index is 2.18. The molecule has 3 aromatic rings. The van der Waals surface area contributed by atoms with Gasteiger partial charge in [0.25, 0.3) is 0 Å². The molecule has 1 N–H and O–H groups in total. The molecule has 8 nitrogen and oxygen atoms in total. The van der Waals surface area contributed by atoms with Crippen molar-refractivity contribution < 1.29 is 22.7 Å². The molecule has 0 saturated heterocycles. The third kappa shape index (κ3) is 3.96. The Labute approximate surface area is 168 Å². The summed E-state index contributed by atoms with van der Waals surface area (Å²) >= 11 is 6.47. The highest BCUT2D eigenvalue weighted by Crippen LogP contribution is 2.36. The molecule has 0 aliphatic carbocycles. The van der Waals surface area contributed by atoms with E-state index in [9.17, 15) is 17.6 Å². The summed E-state index contributed by atoms with van der Waals surface area (Å²) in [6, 6.07) is 5.39. The van der Waals surface area contributed by atoms with Crippen LogP contribution in [0.25, 0.3) is 11.3 Å². The summed E-state index contributed by atoms with van der Waals surface area (Å²) in [6.07, 6.45) is 1.10. The third-order valence-electron chi connectivity index (χ3n) is 3.61. The molecule has 0 fully saturated rings. The molecule has 12 heteroatoms. The van der Waals surface area contributed by atoms with E-state index in [0.29, 0.717) is 0 Å². The second-order valence-corrected chi connectivity index (χ2v) is 9.16. The molecule has 0 bridgehead atoms. The van der Waals surface area contributed by atoms with Gasteiger partial charge in [0.15, 0.2) is 4.21 Å². The second-order valence-electron chi connectivity index (χ2n) is 5.54. The van der Waals surface area contributed by atoms with Gasteiger partial charge in [-0.3, -0.25) is 0 Å². The number of carbonyl (C=O) groups is 1. The molecule has 0 radical (unpaired) electrons. The minimum absolute atomic E-state index is 0.108. The quantitative estimate of drug-likeness (QED) is 0.603. The lowest BCUT2D eigenvalue weighted by molar-refractivity contribution is 0.153. The van der Waals surface area contributed by atoms with Crippen LogP contribution in [0.1, 0.15) is 5.01 Å². The van der Waals surface area contributed by atoms with Crippen molar-refractivity contribution in [2.75, 3.05) is 7.05 Å². The van der Waals surface area contributed by atoms with Gasteiger partial charge in [0, 0.05) is 19.4 Å². The number of amides is 1. The smallest absolute Gasteiger partial charge is 0.407 e. The van der Waals surface area contributed by atoms with Crippen LogP contribution in [0.4, 0.5) is 9.18 Å². The number of rotatable bonds is 5. The number of aromatic nitrogens is 3. The standard InChI is InChI=1S/C16H12ClFN4O4S2/c1-22(16(23)24)8-12-21-13(10-3-2-6-19-14(10)18)15(27-12)28(25,26)9-4-5-11(17)20-7-9/h2-7H,8H2,1H3,(H,23,24). The van der Waals surface area contributed by atoms with Crippen molar-refractivity contribution >= 4 is 38.9 Å². The minimum Gasteiger partial charge on any atom is -0.465 e. The van der Waals surface area contributed by atoms with Crippen molar-refractivity contribution in [1.29, 1.82) is 0 Å². The van der Waals surface area contributed by atoms with E-state index in [-0.39, 0.29) is 37.1 Å². The van der Waals surface area contributed by atoms with Crippen LogP contribution in [0.2, 0.25) is 5.15 Å². The fourth-order valence-electron chi connectivity index (χ4n) is 2.23. The molecule has 0 spiro atoms. The van der Waals surface area contributed by atoms with Gasteiger partial charge in [-0.05, 0) is 24.3 Å². The van der Waals surface area contributed by atoms with Crippen molar-refractivity contribution in [1.82, 2.24) is 19.9 Å². The lowest BCUT2D eigenvalue weighted by atomic mass is 10.2. The van der Waals surface area contributed by atoms with Crippen LogP contribution in [0.5, 0.6) is 0 Å². The summed E-state index contributed by atoms with van der Waals surface area (Å²) in [5.41, 5.74) is -0.247. The molecule has 0 aromatic carbocycles. The zero-order valence-electron chi connectivity index (χ0n) is 14.2. The third-order valence-corrected chi connectivity index (χ3v) is 7.12. The van der Waals surface area contributed by atoms with Gasteiger partial charge in [-0.25, -0.2) is 28.2 Å². The van der Waals surface area contributed by atoms with Crippen molar-refractivity contribution in [2.24, 2.45) is 0 Å². The van der Waals surface area contributed by atoms with Gasteiger partial charge in [0.2, 0.25) is 15.8 Å². The van der Waals surface area contributed by atoms with E-state index in [1.54, 1.807) is 0 Å². The number of carboxylic acid groups (broad SMARTS) is 1. The summed E-state index contributed by atoms with van der Waals surface area (Å²) in [6.45, 7) is -0.163. The van der Waals surface area contributed by atoms with Crippen molar-refractivity contribution in [3.8, 4) is 11.3 Å². The molecule has 0 unspecified atom stereocenters. The van der Waals surface area contributed by atoms with Crippen LogP contribution in [-0.4, -0.2) is 46.5 Å². The zero-order chi connectivity index (χ0) is 20.5. The molecular formula is C16H12ClFN4O4S2. The highest BCUT2D eigenvalue weighted by atomic mass is 35.5. The maximum atomic E-state index is 14.2. The maximum absolute atomic E-state index is 14.2. The Morgan fingerprint density at radius 1 is 1.32 bits per heavy atom. The van der Waals surface area contributed by atoms with E-state index in [4.69, 9.17) is 16.7 Å². The molecule has 0 aliphatic heterocycles. The summed E-state index contributed by atoms with van der Waals surface area (Å²) in [4.78, 5) is 23.3. The normalized spacial score (nSPS) is 11.4. The fraction of sp³-hybridized carbons (Fsp3) is 0.125. The Hall–Kier alpha value is -2.63. The number of halogens is 2. The van der Waals surface area contributed by atoms with Crippen molar-refractivity contribution in [2.45, 2.75) is 15.6 Å². The molecule has 3 heterocycles. The van der Waals surface area contributed by atoms with Gasteiger partial charge < -0.3 is 10.0 Å². The zero-order valence-corrected chi connectivity index (χ0v) is 16.6. The van der Waals surface area contributed by atoms with E-state index >= 15 is 0 Å². The fourth-order valence-corrected chi connectivity index (χ4v) is 5.28. The molecule has 0 saturated carbocycles. The summed E-state index contributed by atoms with van der Waals surface area (Å²) in [7, 11) is -2.80. The number of thiazole rings is 1. The lowest BCUT2D eigenvalue weighted by Gasteiger charge is -2.09. The van der Waals surface area contributed by atoms with E-state index in [2.05, 4.69) is 15.0 Å². The monoisotopic (exact) mass is 442 g/mol.